The van der Waals surface area contributed by atoms with Crippen LogP contribution in [0.25, 0.3) is 0 Å². The van der Waals surface area contributed by atoms with Crippen molar-refractivity contribution in [3.05, 3.63) is 44.9 Å². The first-order chi connectivity index (χ1) is 11.4. The number of carbonyl (C=O) groups is 3. The maximum Gasteiger partial charge on any atom is 0.316 e. The smallest absolute Gasteiger partial charge is 0.316 e. The van der Waals surface area contributed by atoms with Gasteiger partial charge in [0, 0.05) is 21.9 Å². The van der Waals surface area contributed by atoms with E-state index in [2.05, 4.69) is 4.98 Å². The minimum atomic E-state index is -0.419. The van der Waals surface area contributed by atoms with Gasteiger partial charge in [-0.25, -0.2) is 0 Å². The lowest BCUT2D eigenvalue weighted by Crippen LogP contribution is -2.16. The molecule has 0 bridgehead atoms. The predicted molar refractivity (Wildman–Crippen MR) is 96.0 cm³/mol. The number of nitrogens with one attached hydrogen (secondary N) is 1. The molecule has 0 saturated carbocycles. The van der Waals surface area contributed by atoms with E-state index >= 15 is 0 Å². The number of carbonyl (C=O) groups excluding carboxylic acids is 3. The third-order valence-electron chi connectivity index (χ3n) is 3.48. The quantitative estimate of drug-likeness (QED) is 0.572. The maximum absolute atomic E-state index is 12.2. The van der Waals surface area contributed by atoms with Gasteiger partial charge in [-0.05, 0) is 37.8 Å². The lowest BCUT2D eigenvalue weighted by Gasteiger charge is -2.04. The van der Waals surface area contributed by atoms with Crippen LogP contribution in [-0.4, -0.2) is 34.9 Å². The average Bonchev–Trinajstić information content (AvgIpc) is 3.12. The molecule has 0 amide bonds. The number of ketones is 2. The van der Waals surface area contributed by atoms with Crippen LogP contribution in [0.2, 0.25) is 0 Å². The number of rotatable bonds is 8. The Kier molecular flexibility index (Phi) is 6.39. The summed E-state index contributed by atoms with van der Waals surface area (Å²) in [5.41, 5.74) is 2.11. The van der Waals surface area contributed by atoms with Crippen molar-refractivity contribution in [1.29, 1.82) is 0 Å². The number of H-pyrrole nitrogens is 1. The highest BCUT2D eigenvalue weighted by atomic mass is 32.2. The Bertz CT molecular complexity index is 747. The molecule has 24 heavy (non-hydrogen) atoms. The Morgan fingerprint density at radius 3 is 2.62 bits per heavy atom. The van der Waals surface area contributed by atoms with Gasteiger partial charge in [-0.2, -0.15) is 0 Å². The summed E-state index contributed by atoms with van der Waals surface area (Å²) in [5, 5.41) is 1.99. The van der Waals surface area contributed by atoms with Crippen LogP contribution in [0.4, 0.5) is 0 Å². The molecular weight excluding hydrogens is 346 g/mol. The number of Topliss-reactive ketones (excluding diaryl/α,β-unsaturated/α-hetero) is 2. The van der Waals surface area contributed by atoms with Crippen molar-refractivity contribution in [2.45, 2.75) is 26.5 Å². The molecule has 1 N–H and O–H groups in total. The molecule has 0 unspecified atom stereocenters. The molecule has 7 heteroatoms. The van der Waals surface area contributed by atoms with Crippen molar-refractivity contribution in [3.8, 4) is 0 Å². The van der Waals surface area contributed by atoms with Crippen molar-refractivity contribution in [2.24, 2.45) is 0 Å². The summed E-state index contributed by atoms with van der Waals surface area (Å²) < 4.78 is 5.03. The van der Waals surface area contributed by atoms with Crippen molar-refractivity contribution < 1.29 is 19.1 Å². The molecule has 0 aliphatic heterocycles. The van der Waals surface area contributed by atoms with E-state index in [1.54, 1.807) is 25.2 Å². The number of aryl methyl sites for hydroxylation is 1. The molecule has 0 fully saturated rings. The molecule has 0 aliphatic rings. The number of aromatic nitrogens is 1. The molecular formula is C17H19NO4S2. The minimum Gasteiger partial charge on any atom is -0.457 e. The van der Waals surface area contributed by atoms with Crippen LogP contribution in [0.5, 0.6) is 0 Å². The lowest BCUT2D eigenvalue weighted by molar-refractivity contribution is -0.139. The molecule has 0 aromatic carbocycles. The fourth-order valence-electron chi connectivity index (χ4n) is 2.45. The van der Waals surface area contributed by atoms with Crippen LogP contribution < -0.4 is 0 Å². The Balaban J connectivity index is 1.83. The molecule has 2 aromatic rings. The van der Waals surface area contributed by atoms with E-state index in [9.17, 15) is 14.4 Å². The topological polar surface area (TPSA) is 76.2 Å². The number of hydrogen-bond acceptors (Lipinski definition) is 6. The van der Waals surface area contributed by atoms with Crippen molar-refractivity contribution >= 4 is 40.6 Å². The standard InChI is InChI=1S/C17H19NO4S2/c1-10-16(12(3)19)11(2)18-17(10)14(20)7-22-15(21)9-23-8-13-5-4-6-24-13/h4-6,18H,7-9H2,1-3H3. The van der Waals surface area contributed by atoms with E-state index in [0.717, 1.165) is 5.75 Å². The molecule has 2 heterocycles. The number of ether oxygens (including phenoxy) is 1. The van der Waals surface area contributed by atoms with Gasteiger partial charge in [0.15, 0.2) is 12.4 Å². The number of thiophene rings is 1. The summed E-state index contributed by atoms with van der Waals surface area (Å²) in [6.07, 6.45) is 0. The fraction of sp³-hybridized carbons (Fsp3) is 0.353. The van der Waals surface area contributed by atoms with Crippen LogP contribution in [0.15, 0.2) is 17.5 Å². The number of hydrogen-bond donors (Lipinski definition) is 1. The summed E-state index contributed by atoms with van der Waals surface area (Å²) in [6, 6.07) is 3.98. The molecule has 2 rings (SSSR count). The Morgan fingerprint density at radius 1 is 1.29 bits per heavy atom. The summed E-state index contributed by atoms with van der Waals surface area (Å²) in [7, 11) is 0. The average molecular weight is 365 g/mol. The highest BCUT2D eigenvalue weighted by Gasteiger charge is 2.20. The van der Waals surface area contributed by atoms with Gasteiger partial charge in [-0.15, -0.1) is 23.1 Å². The Hall–Kier alpha value is -1.86. The third kappa shape index (κ3) is 4.58. The highest BCUT2D eigenvalue weighted by Crippen LogP contribution is 2.19. The second-order valence-corrected chi connectivity index (χ2v) is 7.36. The van der Waals surface area contributed by atoms with Crippen LogP contribution >= 0.6 is 23.1 Å². The minimum absolute atomic E-state index is 0.0951. The van der Waals surface area contributed by atoms with Crippen LogP contribution in [0.3, 0.4) is 0 Å². The molecule has 2 aromatic heterocycles. The highest BCUT2D eigenvalue weighted by molar-refractivity contribution is 7.99. The van der Waals surface area contributed by atoms with Crippen LogP contribution in [0, 0.1) is 13.8 Å². The fourth-order valence-corrected chi connectivity index (χ4v) is 4.11. The summed E-state index contributed by atoms with van der Waals surface area (Å²) in [4.78, 5) is 39.6. The largest absolute Gasteiger partial charge is 0.457 e. The monoisotopic (exact) mass is 365 g/mol. The Labute approximate surface area is 148 Å². The Morgan fingerprint density at radius 2 is 2.04 bits per heavy atom. The number of aromatic amines is 1. The van der Waals surface area contributed by atoms with E-state index in [1.807, 2.05) is 17.5 Å². The van der Waals surface area contributed by atoms with Gasteiger partial charge in [0.25, 0.3) is 0 Å². The molecule has 0 aliphatic carbocycles. The van der Waals surface area contributed by atoms with E-state index in [-0.39, 0.29) is 23.9 Å². The van der Waals surface area contributed by atoms with Gasteiger partial charge in [-0.3, -0.25) is 14.4 Å². The molecule has 0 atom stereocenters. The van der Waals surface area contributed by atoms with Gasteiger partial charge < -0.3 is 9.72 Å². The van der Waals surface area contributed by atoms with Crippen LogP contribution in [0.1, 0.15) is 43.9 Å². The molecule has 0 radical (unpaired) electrons. The molecule has 5 nitrogen and oxygen atoms in total. The summed E-state index contributed by atoms with van der Waals surface area (Å²) >= 11 is 3.09. The van der Waals surface area contributed by atoms with Gasteiger partial charge in [0.2, 0.25) is 5.78 Å². The van der Waals surface area contributed by atoms with E-state index in [1.165, 1.54) is 23.6 Å². The second-order valence-electron chi connectivity index (χ2n) is 5.34. The zero-order chi connectivity index (χ0) is 17.7. The predicted octanol–water partition coefficient (Wildman–Crippen LogP) is 3.55. The van der Waals surface area contributed by atoms with E-state index < -0.39 is 5.97 Å². The number of thioether (sulfide) groups is 1. The first-order valence-corrected chi connectivity index (χ1v) is 9.42. The van der Waals surface area contributed by atoms with E-state index in [4.69, 9.17) is 4.74 Å². The maximum atomic E-state index is 12.2. The van der Waals surface area contributed by atoms with Crippen molar-refractivity contribution in [3.63, 3.8) is 0 Å². The van der Waals surface area contributed by atoms with Crippen molar-refractivity contribution in [1.82, 2.24) is 4.98 Å². The van der Waals surface area contributed by atoms with Crippen molar-refractivity contribution in [2.75, 3.05) is 12.4 Å². The normalized spacial score (nSPS) is 10.6. The van der Waals surface area contributed by atoms with Gasteiger partial charge in [0.05, 0.1) is 11.4 Å². The lowest BCUT2D eigenvalue weighted by atomic mass is 10.1. The molecule has 0 spiro atoms. The van der Waals surface area contributed by atoms with Gasteiger partial charge in [-0.1, -0.05) is 6.07 Å². The van der Waals surface area contributed by atoms with Crippen LogP contribution in [-0.2, 0) is 15.3 Å². The first kappa shape index (κ1) is 18.5. The summed E-state index contributed by atoms with van der Waals surface area (Å²) in [6.45, 7) is 4.60. The van der Waals surface area contributed by atoms with Gasteiger partial charge >= 0.3 is 5.97 Å². The molecule has 128 valence electrons. The van der Waals surface area contributed by atoms with E-state index in [0.29, 0.717) is 22.5 Å². The SMILES string of the molecule is CC(=O)c1c(C)[nH]c(C(=O)COC(=O)CSCc2cccs2)c1C. The first-order valence-electron chi connectivity index (χ1n) is 7.39. The van der Waals surface area contributed by atoms with Gasteiger partial charge in [0.1, 0.15) is 0 Å². The molecule has 0 saturated heterocycles. The number of esters is 1. The third-order valence-corrected chi connectivity index (χ3v) is 5.49. The summed E-state index contributed by atoms with van der Waals surface area (Å²) in [5.74, 6) is 0.101. The second kappa shape index (κ2) is 8.30. The zero-order valence-corrected chi connectivity index (χ0v) is 15.4. The zero-order valence-electron chi connectivity index (χ0n) is 13.8.